The van der Waals surface area contributed by atoms with E-state index in [1.807, 2.05) is 0 Å². The average molecular weight is 399 g/mol. The molecule has 9 nitrogen and oxygen atoms in total. The van der Waals surface area contributed by atoms with E-state index in [9.17, 15) is 24.5 Å². The molecule has 0 aliphatic heterocycles. The molecule has 9 heteroatoms. The van der Waals surface area contributed by atoms with E-state index < -0.39 is 35.4 Å². The normalized spacial score (nSPS) is 11.4. The Balaban J connectivity index is 1.89. The van der Waals surface area contributed by atoms with Gasteiger partial charge in [-0.25, -0.2) is 4.79 Å². The lowest BCUT2D eigenvalue weighted by molar-refractivity contribution is -0.384. The number of anilines is 1. The molecule has 2 amide bonds. The SMILES string of the molecule is CC(C)[C@H](NC(=O)c1ccccc1)C(=O)OCC(=O)Nc1ccc([N+](=O)[O-])cc1. The topological polar surface area (TPSA) is 128 Å². The van der Waals surface area contributed by atoms with Crippen molar-refractivity contribution in [1.82, 2.24) is 5.32 Å². The molecule has 0 aliphatic carbocycles. The molecule has 0 bridgehead atoms. The molecule has 1 atom stereocenters. The maximum absolute atomic E-state index is 12.3. The second-order valence-corrected chi connectivity index (χ2v) is 6.52. The Kier molecular flexibility index (Phi) is 7.41. The number of rotatable bonds is 8. The zero-order chi connectivity index (χ0) is 21.4. The van der Waals surface area contributed by atoms with Crippen LogP contribution in [0.5, 0.6) is 0 Å². The lowest BCUT2D eigenvalue weighted by Crippen LogP contribution is -2.45. The van der Waals surface area contributed by atoms with Crippen LogP contribution in [0.2, 0.25) is 0 Å². The summed E-state index contributed by atoms with van der Waals surface area (Å²) >= 11 is 0. The third kappa shape index (κ3) is 6.42. The number of amides is 2. The van der Waals surface area contributed by atoms with Gasteiger partial charge in [-0.2, -0.15) is 0 Å². The largest absolute Gasteiger partial charge is 0.454 e. The predicted octanol–water partition coefficient (Wildman–Crippen LogP) is 2.53. The number of esters is 1. The fourth-order valence-electron chi connectivity index (χ4n) is 2.40. The van der Waals surface area contributed by atoms with Crippen molar-refractivity contribution in [3.63, 3.8) is 0 Å². The molecule has 0 fully saturated rings. The van der Waals surface area contributed by atoms with Crippen molar-refractivity contribution in [2.24, 2.45) is 5.92 Å². The Morgan fingerprint density at radius 1 is 1.03 bits per heavy atom. The van der Waals surface area contributed by atoms with Crippen LogP contribution in [-0.4, -0.2) is 35.4 Å². The molecule has 152 valence electrons. The van der Waals surface area contributed by atoms with E-state index in [1.165, 1.54) is 24.3 Å². The van der Waals surface area contributed by atoms with Crippen LogP contribution in [0.25, 0.3) is 0 Å². The molecule has 2 aromatic rings. The molecule has 0 unspecified atom stereocenters. The van der Waals surface area contributed by atoms with Crippen molar-refractivity contribution in [3.05, 3.63) is 70.3 Å². The van der Waals surface area contributed by atoms with Gasteiger partial charge in [-0.05, 0) is 30.2 Å². The number of benzene rings is 2. The average Bonchev–Trinajstić information content (AvgIpc) is 2.70. The monoisotopic (exact) mass is 399 g/mol. The first-order valence-corrected chi connectivity index (χ1v) is 8.84. The van der Waals surface area contributed by atoms with E-state index in [4.69, 9.17) is 4.74 Å². The van der Waals surface area contributed by atoms with Gasteiger partial charge in [0.05, 0.1) is 4.92 Å². The van der Waals surface area contributed by atoms with Gasteiger partial charge in [0, 0.05) is 23.4 Å². The number of carbonyl (C=O) groups excluding carboxylic acids is 3. The number of nitrogens with one attached hydrogen (secondary N) is 2. The van der Waals surface area contributed by atoms with Crippen molar-refractivity contribution >= 4 is 29.2 Å². The minimum Gasteiger partial charge on any atom is -0.454 e. The summed E-state index contributed by atoms with van der Waals surface area (Å²) < 4.78 is 5.02. The number of nitro groups is 1. The zero-order valence-electron chi connectivity index (χ0n) is 16.0. The number of hydrogen-bond donors (Lipinski definition) is 2. The summed E-state index contributed by atoms with van der Waals surface area (Å²) in [4.78, 5) is 46.6. The maximum Gasteiger partial charge on any atom is 0.329 e. The third-order valence-electron chi connectivity index (χ3n) is 3.95. The molecule has 0 heterocycles. The van der Waals surface area contributed by atoms with Crippen LogP contribution in [0.1, 0.15) is 24.2 Å². The van der Waals surface area contributed by atoms with E-state index in [0.29, 0.717) is 11.3 Å². The minimum atomic E-state index is -0.921. The molecular weight excluding hydrogens is 378 g/mol. The molecule has 0 saturated heterocycles. The van der Waals surface area contributed by atoms with Gasteiger partial charge in [-0.3, -0.25) is 19.7 Å². The fourth-order valence-corrected chi connectivity index (χ4v) is 2.40. The molecule has 2 N–H and O–H groups in total. The molecule has 29 heavy (non-hydrogen) atoms. The Morgan fingerprint density at radius 2 is 1.66 bits per heavy atom. The summed E-state index contributed by atoms with van der Waals surface area (Å²) in [7, 11) is 0. The summed E-state index contributed by atoms with van der Waals surface area (Å²) in [5.41, 5.74) is 0.625. The highest BCUT2D eigenvalue weighted by molar-refractivity contribution is 5.97. The first-order chi connectivity index (χ1) is 13.8. The van der Waals surface area contributed by atoms with E-state index in [0.717, 1.165) is 0 Å². The van der Waals surface area contributed by atoms with Crippen LogP contribution in [0, 0.1) is 16.0 Å². The Hall–Kier alpha value is -3.75. The smallest absolute Gasteiger partial charge is 0.329 e. The summed E-state index contributed by atoms with van der Waals surface area (Å²) in [5.74, 6) is -2.02. The molecule has 0 aliphatic rings. The highest BCUT2D eigenvalue weighted by Gasteiger charge is 2.26. The van der Waals surface area contributed by atoms with Crippen LogP contribution in [0.15, 0.2) is 54.6 Å². The molecule has 0 saturated carbocycles. The summed E-state index contributed by atoms with van der Waals surface area (Å²) in [6.07, 6.45) is 0. The number of ether oxygens (including phenoxy) is 1. The number of non-ortho nitro benzene ring substituents is 1. The fraction of sp³-hybridized carbons (Fsp3) is 0.250. The van der Waals surface area contributed by atoms with Crippen LogP contribution in [-0.2, 0) is 14.3 Å². The van der Waals surface area contributed by atoms with Gasteiger partial charge in [-0.15, -0.1) is 0 Å². The minimum absolute atomic E-state index is 0.108. The maximum atomic E-state index is 12.3. The lowest BCUT2D eigenvalue weighted by Gasteiger charge is -2.20. The highest BCUT2D eigenvalue weighted by atomic mass is 16.6. The van der Waals surface area contributed by atoms with Gasteiger partial charge in [0.1, 0.15) is 6.04 Å². The summed E-state index contributed by atoms with van der Waals surface area (Å²) in [6, 6.07) is 12.7. The highest BCUT2D eigenvalue weighted by Crippen LogP contribution is 2.15. The molecular formula is C20H21N3O6. The van der Waals surface area contributed by atoms with Crippen LogP contribution in [0.4, 0.5) is 11.4 Å². The van der Waals surface area contributed by atoms with Gasteiger partial charge in [-0.1, -0.05) is 32.0 Å². The Morgan fingerprint density at radius 3 is 2.21 bits per heavy atom. The van der Waals surface area contributed by atoms with Crippen LogP contribution >= 0.6 is 0 Å². The predicted molar refractivity (Wildman–Crippen MR) is 105 cm³/mol. The lowest BCUT2D eigenvalue weighted by atomic mass is 10.0. The van der Waals surface area contributed by atoms with Crippen molar-refractivity contribution in [2.45, 2.75) is 19.9 Å². The molecule has 2 rings (SSSR count). The van der Waals surface area contributed by atoms with Crippen LogP contribution < -0.4 is 10.6 Å². The quantitative estimate of drug-likeness (QED) is 0.399. The van der Waals surface area contributed by atoms with E-state index in [-0.39, 0.29) is 11.6 Å². The summed E-state index contributed by atoms with van der Waals surface area (Å²) in [6.45, 7) is 2.93. The molecule has 2 aromatic carbocycles. The Bertz CT molecular complexity index is 881. The first-order valence-electron chi connectivity index (χ1n) is 8.84. The molecule has 0 spiro atoms. The Labute approximate surface area is 167 Å². The second kappa shape index (κ2) is 9.98. The van der Waals surface area contributed by atoms with Gasteiger partial charge in [0.2, 0.25) is 0 Å². The van der Waals surface area contributed by atoms with E-state index in [2.05, 4.69) is 10.6 Å². The van der Waals surface area contributed by atoms with Gasteiger partial charge in [0.25, 0.3) is 17.5 Å². The second-order valence-electron chi connectivity index (χ2n) is 6.52. The van der Waals surface area contributed by atoms with Gasteiger partial charge in [0.15, 0.2) is 6.61 Å². The summed E-state index contributed by atoms with van der Waals surface area (Å²) in [5, 5.41) is 15.7. The van der Waals surface area contributed by atoms with E-state index in [1.54, 1.807) is 44.2 Å². The number of nitrogens with zero attached hydrogens (tertiary/aromatic N) is 1. The van der Waals surface area contributed by atoms with Gasteiger partial charge >= 0.3 is 5.97 Å². The van der Waals surface area contributed by atoms with Crippen molar-refractivity contribution < 1.29 is 24.0 Å². The third-order valence-corrected chi connectivity index (χ3v) is 3.95. The standard InChI is InChI=1S/C20H21N3O6/c1-13(2)18(22-19(25)14-6-4-3-5-7-14)20(26)29-12-17(24)21-15-8-10-16(11-9-15)23(27)28/h3-11,13,18H,12H2,1-2H3,(H,21,24)(H,22,25)/t18-/m0/s1. The van der Waals surface area contributed by atoms with E-state index >= 15 is 0 Å². The molecule has 0 aromatic heterocycles. The zero-order valence-corrected chi connectivity index (χ0v) is 16.0. The van der Waals surface area contributed by atoms with Crippen molar-refractivity contribution in [1.29, 1.82) is 0 Å². The van der Waals surface area contributed by atoms with Crippen molar-refractivity contribution in [2.75, 3.05) is 11.9 Å². The van der Waals surface area contributed by atoms with Crippen LogP contribution in [0.3, 0.4) is 0 Å². The molecule has 0 radical (unpaired) electrons. The first kappa shape index (κ1) is 21.5. The van der Waals surface area contributed by atoms with Gasteiger partial charge < -0.3 is 15.4 Å². The van der Waals surface area contributed by atoms with Crippen molar-refractivity contribution in [3.8, 4) is 0 Å². The number of nitro benzene ring substituents is 1. The number of carbonyl (C=O) groups is 3. The number of hydrogen-bond acceptors (Lipinski definition) is 6.